The van der Waals surface area contributed by atoms with Gasteiger partial charge in [-0.25, -0.2) is 19.4 Å². The van der Waals surface area contributed by atoms with Gasteiger partial charge in [-0.3, -0.25) is 9.69 Å². The van der Waals surface area contributed by atoms with Crippen molar-refractivity contribution in [2.45, 2.75) is 51.1 Å². The van der Waals surface area contributed by atoms with E-state index in [1.807, 2.05) is 0 Å². The van der Waals surface area contributed by atoms with Crippen LogP contribution in [0.1, 0.15) is 47.7 Å². The van der Waals surface area contributed by atoms with E-state index in [2.05, 4.69) is 44.6 Å². The quantitative estimate of drug-likeness (QED) is 0.614. The Labute approximate surface area is 212 Å². The number of rotatable bonds is 7. The number of carbonyl (C=O) groups is 1. The first-order valence-corrected chi connectivity index (χ1v) is 12.6. The van der Waals surface area contributed by atoms with Gasteiger partial charge < -0.3 is 15.4 Å². The molecule has 9 heteroatoms. The minimum Gasteiger partial charge on any atom is -0.494 e. The molecule has 4 rings (SSSR count). The van der Waals surface area contributed by atoms with Gasteiger partial charge in [0, 0.05) is 43.6 Å². The van der Waals surface area contributed by atoms with Gasteiger partial charge in [0.1, 0.15) is 0 Å². The summed E-state index contributed by atoms with van der Waals surface area (Å²) in [4.78, 5) is 28.2. The summed E-state index contributed by atoms with van der Waals surface area (Å²) in [5, 5.41) is 6.00. The third-order valence-corrected chi connectivity index (χ3v) is 6.92. The predicted octanol–water partition coefficient (Wildman–Crippen LogP) is 3.24. The molecule has 1 saturated heterocycles. The van der Waals surface area contributed by atoms with E-state index in [-0.39, 0.29) is 11.7 Å². The Kier molecular flexibility index (Phi) is 8.77. The van der Waals surface area contributed by atoms with Gasteiger partial charge in [0.2, 0.25) is 5.95 Å². The molecule has 0 bridgehead atoms. The number of hydrogen-bond donors (Lipinski definition) is 2. The summed E-state index contributed by atoms with van der Waals surface area (Å²) in [6.45, 7) is 5.19. The second-order valence-electron chi connectivity index (χ2n) is 9.37. The normalized spacial score (nSPS) is 20.3. The average Bonchev–Trinajstić information content (AvgIpc) is 3.09. The van der Waals surface area contributed by atoms with Crippen LogP contribution in [0.5, 0.6) is 5.75 Å². The van der Waals surface area contributed by atoms with Gasteiger partial charge in [-0.1, -0.05) is 6.08 Å². The second kappa shape index (κ2) is 12.2. The Balaban J connectivity index is 1.43. The highest BCUT2D eigenvalue weighted by Gasteiger charge is 2.26. The number of ether oxygens (including phenoxy) is 1. The van der Waals surface area contributed by atoms with Crippen LogP contribution >= 0.6 is 0 Å². The lowest BCUT2D eigenvalue weighted by Crippen LogP contribution is -2.48. The molecule has 0 spiro atoms. The van der Waals surface area contributed by atoms with E-state index >= 15 is 0 Å². The third kappa shape index (κ3) is 6.33. The first-order valence-electron chi connectivity index (χ1n) is 12.6. The van der Waals surface area contributed by atoms with Crippen molar-refractivity contribution in [2.75, 3.05) is 33.8 Å². The highest BCUT2D eigenvalue weighted by molar-refractivity contribution is 5.98. The fourth-order valence-corrected chi connectivity index (χ4v) is 4.84. The zero-order chi connectivity index (χ0) is 25.5. The molecule has 8 nitrogen and oxygen atoms in total. The number of aliphatic imine (C=N–C) groups is 1. The van der Waals surface area contributed by atoms with Crippen LogP contribution in [-0.2, 0) is 12.8 Å². The molecule has 1 aromatic heterocycles. The Bertz CT molecular complexity index is 1110. The van der Waals surface area contributed by atoms with Gasteiger partial charge in [0.25, 0.3) is 5.91 Å². The molecule has 2 N–H and O–H groups in total. The van der Waals surface area contributed by atoms with Crippen LogP contribution in [0.2, 0.25) is 0 Å². The van der Waals surface area contributed by atoms with Crippen LogP contribution in [-0.4, -0.2) is 72.4 Å². The van der Waals surface area contributed by atoms with Crippen molar-refractivity contribution in [3.8, 4) is 5.75 Å². The first kappa shape index (κ1) is 25.9. The fraction of sp³-hybridized carbons (Fsp3) is 0.481. The Hall–Kier alpha value is -3.17. The zero-order valence-electron chi connectivity index (χ0n) is 21.3. The summed E-state index contributed by atoms with van der Waals surface area (Å²) in [6, 6.07) is 4.01. The molecule has 0 aliphatic carbocycles. The lowest BCUT2D eigenvalue weighted by Gasteiger charge is -2.37. The number of aryl methyl sites for hydroxylation is 2. The summed E-state index contributed by atoms with van der Waals surface area (Å²) < 4.78 is 19.9. The summed E-state index contributed by atoms with van der Waals surface area (Å²) >= 11 is 0. The van der Waals surface area contributed by atoms with Crippen molar-refractivity contribution in [1.82, 2.24) is 25.5 Å². The first-order chi connectivity index (χ1) is 17.5. The molecule has 1 atom stereocenters. The minimum atomic E-state index is -0.457. The number of aromatic nitrogens is 2. The van der Waals surface area contributed by atoms with Gasteiger partial charge in [-0.15, -0.1) is 0 Å². The molecule has 2 aliphatic rings. The number of amides is 1. The number of methoxy groups -OCH3 is 1. The van der Waals surface area contributed by atoms with Crippen molar-refractivity contribution in [3.05, 3.63) is 59.2 Å². The number of hydrogen-bond acceptors (Lipinski definition) is 7. The van der Waals surface area contributed by atoms with Crippen LogP contribution in [0.15, 0.2) is 41.7 Å². The van der Waals surface area contributed by atoms with Crippen LogP contribution < -0.4 is 15.4 Å². The monoisotopic (exact) mass is 494 g/mol. The Morgan fingerprint density at radius 2 is 2.00 bits per heavy atom. The highest BCUT2D eigenvalue weighted by Crippen LogP contribution is 2.25. The zero-order valence-corrected chi connectivity index (χ0v) is 21.3. The van der Waals surface area contributed by atoms with Gasteiger partial charge in [0.15, 0.2) is 11.6 Å². The molecule has 1 aromatic carbocycles. The number of nitrogens with zero attached hydrogens (tertiary/aromatic N) is 4. The standard InChI is InChI=1S/C27H35FN6O2/c1-18-5-4-6-22(17-34(18)23-9-11-30-12-10-23)33-27-31-15-19(16-32-27)7-8-20-13-21(26(35)29-2)14-24(36-3)25(20)28/h4,6,13-16,18,23,30H,5,7-12,17H2,1-3H3,(H,29,35). The molecule has 36 heavy (non-hydrogen) atoms. The lowest BCUT2D eigenvalue weighted by atomic mass is 10.0. The van der Waals surface area contributed by atoms with Crippen molar-refractivity contribution in [3.63, 3.8) is 0 Å². The molecule has 1 amide bonds. The van der Waals surface area contributed by atoms with E-state index in [0.29, 0.717) is 42.0 Å². The molecule has 3 heterocycles. The fourth-order valence-electron chi connectivity index (χ4n) is 4.84. The maximum atomic E-state index is 14.8. The van der Waals surface area contributed by atoms with Crippen molar-refractivity contribution in [2.24, 2.45) is 4.99 Å². The summed E-state index contributed by atoms with van der Waals surface area (Å²) in [5.74, 6) is -0.269. The lowest BCUT2D eigenvalue weighted by molar-refractivity contribution is 0.0962. The van der Waals surface area contributed by atoms with E-state index in [1.165, 1.54) is 20.2 Å². The van der Waals surface area contributed by atoms with E-state index in [9.17, 15) is 9.18 Å². The van der Waals surface area contributed by atoms with Crippen LogP contribution in [0.25, 0.3) is 0 Å². The largest absolute Gasteiger partial charge is 0.494 e. The molecular formula is C27H35FN6O2. The summed E-state index contributed by atoms with van der Waals surface area (Å²) in [7, 11) is 2.93. The van der Waals surface area contributed by atoms with Gasteiger partial charge in [-0.05, 0) is 81.5 Å². The molecule has 2 aromatic rings. The van der Waals surface area contributed by atoms with Gasteiger partial charge >= 0.3 is 0 Å². The maximum absolute atomic E-state index is 14.8. The van der Waals surface area contributed by atoms with E-state index in [1.54, 1.807) is 18.5 Å². The number of carbonyl (C=O) groups excluding carboxylic acids is 1. The second-order valence-corrected chi connectivity index (χ2v) is 9.37. The highest BCUT2D eigenvalue weighted by atomic mass is 19.1. The number of benzene rings is 1. The van der Waals surface area contributed by atoms with Crippen molar-refractivity contribution < 1.29 is 13.9 Å². The van der Waals surface area contributed by atoms with E-state index in [4.69, 9.17) is 9.73 Å². The number of nitrogens with one attached hydrogen (secondary N) is 2. The molecule has 0 radical (unpaired) electrons. The third-order valence-electron chi connectivity index (χ3n) is 6.92. The average molecular weight is 495 g/mol. The summed E-state index contributed by atoms with van der Waals surface area (Å²) in [5.41, 5.74) is 2.60. The molecular weight excluding hydrogens is 459 g/mol. The topological polar surface area (TPSA) is 91.7 Å². The van der Waals surface area contributed by atoms with Crippen molar-refractivity contribution in [1.29, 1.82) is 0 Å². The predicted molar refractivity (Wildman–Crippen MR) is 139 cm³/mol. The minimum absolute atomic E-state index is 0.0535. The van der Waals surface area contributed by atoms with Crippen LogP contribution in [0.4, 0.5) is 10.3 Å². The molecule has 192 valence electrons. The SMILES string of the molecule is CNC(=O)c1cc(CCc2cnc(N=C3C=CCC(C)N(C4CCNCC4)C3)nc2)c(F)c(OC)c1. The van der Waals surface area contributed by atoms with Gasteiger partial charge in [-0.2, -0.15) is 0 Å². The molecule has 1 unspecified atom stereocenters. The Morgan fingerprint density at radius 1 is 1.25 bits per heavy atom. The maximum Gasteiger partial charge on any atom is 0.251 e. The Morgan fingerprint density at radius 3 is 2.69 bits per heavy atom. The summed E-state index contributed by atoms with van der Waals surface area (Å²) in [6.07, 6.45) is 12.0. The van der Waals surface area contributed by atoms with Crippen molar-refractivity contribution >= 4 is 17.6 Å². The van der Waals surface area contributed by atoms with Crippen LogP contribution in [0.3, 0.4) is 0 Å². The van der Waals surface area contributed by atoms with E-state index in [0.717, 1.165) is 50.2 Å². The molecule has 0 saturated carbocycles. The number of piperidine rings is 1. The van der Waals surface area contributed by atoms with Crippen LogP contribution in [0, 0.1) is 5.82 Å². The van der Waals surface area contributed by atoms with E-state index < -0.39 is 5.82 Å². The molecule has 2 aliphatic heterocycles. The van der Waals surface area contributed by atoms with Gasteiger partial charge in [0.05, 0.1) is 12.8 Å². The smallest absolute Gasteiger partial charge is 0.251 e. The molecule has 1 fully saturated rings. The number of halogens is 1.